The highest BCUT2D eigenvalue weighted by molar-refractivity contribution is 6.08. The largest absolute Gasteiger partial charge is 0.381 e. The zero-order valence-corrected chi connectivity index (χ0v) is 17.6. The Labute approximate surface area is 177 Å². The Bertz CT molecular complexity index is 1010. The number of hydrogen-bond donors (Lipinski definition) is 1. The summed E-state index contributed by atoms with van der Waals surface area (Å²) in [5.74, 6) is 0.371. The third-order valence-corrected chi connectivity index (χ3v) is 7.44. The highest BCUT2D eigenvalue weighted by Crippen LogP contribution is 2.62. The van der Waals surface area contributed by atoms with Crippen LogP contribution in [0.1, 0.15) is 43.7 Å². The summed E-state index contributed by atoms with van der Waals surface area (Å²) in [4.78, 5) is 24.8. The number of fused-ring (bicyclic) bond motifs is 3. The van der Waals surface area contributed by atoms with E-state index in [4.69, 9.17) is 15.5 Å². The van der Waals surface area contributed by atoms with Crippen molar-refractivity contribution in [2.75, 3.05) is 13.7 Å². The normalized spacial score (nSPS) is 30.2. The fraction of sp³-hybridized carbons (Fsp3) is 0.458. The predicted molar refractivity (Wildman–Crippen MR) is 116 cm³/mol. The van der Waals surface area contributed by atoms with Crippen LogP contribution in [-0.4, -0.2) is 41.5 Å². The summed E-state index contributed by atoms with van der Waals surface area (Å²) >= 11 is 0. The summed E-state index contributed by atoms with van der Waals surface area (Å²) in [7, 11) is 1.78. The molecule has 2 aliphatic carbocycles. The molecule has 5 rings (SSSR count). The molecule has 1 aliphatic heterocycles. The van der Waals surface area contributed by atoms with Crippen LogP contribution in [0.2, 0.25) is 0 Å². The number of ether oxygens (including phenoxy) is 1. The van der Waals surface area contributed by atoms with Crippen molar-refractivity contribution in [1.82, 2.24) is 9.88 Å². The van der Waals surface area contributed by atoms with Crippen LogP contribution in [0, 0.1) is 5.41 Å². The number of guanidine groups is 1. The maximum absolute atomic E-state index is 13.9. The number of methoxy groups -OCH3 is 1. The number of likely N-dealkylation sites (N-methyl/N-ethyl adjacent to an activating group) is 1. The highest BCUT2D eigenvalue weighted by atomic mass is 16.5. The molecule has 0 saturated heterocycles. The fourth-order valence-electron chi connectivity index (χ4n) is 5.88. The molecule has 156 valence electrons. The van der Waals surface area contributed by atoms with Crippen LogP contribution in [0.5, 0.6) is 0 Å². The molecule has 2 spiro atoms. The van der Waals surface area contributed by atoms with Gasteiger partial charge in [-0.15, -0.1) is 0 Å². The molecule has 1 atom stereocenters. The first-order valence-electron chi connectivity index (χ1n) is 10.8. The van der Waals surface area contributed by atoms with Gasteiger partial charge < -0.3 is 10.5 Å². The van der Waals surface area contributed by atoms with Crippen molar-refractivity contribution in [1.29, 1.82) is 0 Å². The number of rotatable bonds is 3. The van der Waals surface area contributed by atoms with Gasteiger partial charge in [0.15, 0.2) is 11.5 Å². The number of nitrogens with two attached hydrogens (primary N) is 1. The van der Waals surface area contributed by atoms with E-state index in [2.05, 4.69) is 23.2 Å². The summed E-state index contributed by atoms with van der Waals surface area (Å²) in [6, 6.07) is 10.4. The van der Waals surface area contributed by atoms with Gasteiger partial charge in [-0.05, 0) is 73.4 Å². The van der Waals surface area contributed by atoms with Crippen LogP contribution in [0.4, 0.5) is 0 Å². The summed E-state index contributed by atoms with van der Waals surface area (Å²) in [5.41, 5.74) is 9.45. The Balaban J connectivity index is 1.68. The Kier molecular flexibility index (Phi) is 4.43. The van der Waals surface area contributed by atoms with E-state index >= 15 is 0 Å². The third kappa shape index (κ3) is 2.49. The number of amides is 1. The van der Waals surface area contributed by atoms with E-state index in [0.29, 0.717) is 12.5 Å². The molecule has 0 radical (unpaired) electrons. The fourth-order valence-corrected chi connectivity index (χ4v) is 5.88. The van der Waals surface area contributed by atoms with Gasteiger partial charge in [-0.25, -0.2) is 4.99 Å². The van der Waals surface area contributed by atoms with Crippen LogP contribution in [-0.2, 0) is 21.5 Å². The van der Waals surface area contributed by atoms with E-state index in [1.807, 2.05) is 25.3 Å². The van der Waals surface area contributed by atoms with E-state index in [1.165, 1.54) is 5.56 Å². The van der Waals surface area contributed by atoms with Gasteiger partial charge in [0.2, 0.25) is 0 Å². The van der Waals surface area contributed by atoms with Crippen molar-refractivity contribution >= 4 is 11.9 Å². The van der Waals surface area contributed by atoms with Crippen LogP contribution in [0.25, 0.3) is 11.1 Å². The van der Waals surface area contributed by atoms with Crippen molar-refractivity contribution in [2.45, 2.75) is 50.7 Å². The van der Waals surface area contributed by atoms with Crippen molar-refractivity contribution in [3.05, 3.63) is 53.9 Å². The second kappa shape index (κ2) is 6.91. The predicted octanol–water partition coefficient (Wildman–Crippen LogP) is 3.25. The summed E-state index contributed by atoms with van der Waals surface area (Å²) in [6.07, 6.45) is 8.42. The molecule has 6 heteroatoms. The first kappa shape index (κ1) is 19.2. The molecular formula is C24H28N4O2. The maximum atomic E-state index is 13.9. The van der Waals surface area contributed by atoms with Crippen LogP contribution < -0.4 is 5.73 Å². The van der Waals surface area contributed by atoms with Crippen molar-refractivity contribution in [3.8, 4) is 11.1 Å². The number of nitrogens with zero attached hydrogens (tertiary/aromatic N) is 3. The molecule has 1 aromatic carbocycles. The van der Waals surface area contributed by atoms with Crippen LogP contribution in [0.15, 0.2) is 47.7 Å². The minimum atomic E-state index is -0.931. The topological polar surface area (TPSA) is 80.8 Å². The van der Waals surface area contributed by atoms with Gasteiger partial charge in [-0.2, -0.15) is 0 Å². The summed E-state index contributed by atoms with van der Waals surface area (Å²) in [6.45, 7) is 2.49. The van der Waals surface area contributed by atoms with Gasteiger partial charge in [-0.3, -0.25) is 14.7 Å². The first-order valence-corrected chi connectivity index (χ1v) is 10.8. The Morgan fingerprint density at radius 1 is 1.23 bits per heavy atom. The molecule has 2 heterocycles. The molecule has 0 bridgehead atoms. The van der Waals surface area contributed by atoms with Gasteiger partial charge in [0, 0.05) is 31.5 Å². The second-order valence-electron chi connectivity index (χ2n) is 8.74. The number of benzene rings is 1. The molecule has 3 aliphatic rings. The lowest BCUT2D eigenvalue weighted by atomic mass is 9.61. The molecule has 1 aromatic heterocycles. The quantitative estimate of drug-likeness (QED) is 0.851. The number of pyridine rings is 1. The molecule has 1 amide bonds. The summed E-state index contributed by atoms with van der Waals surface area (Å²) < 4.78 is 5.63. The number of hydrogen-bond acceptors (Lipinski definition) is 5. The molecule has 1 fully saturated rings. The van der Waals surface area contributed by atoms with E-state index < -0.39 is 5.54 Å². The molecule has 2 N–H and O–H groups in total. The first-order chi connectivity index (χ1) is 14.5. The zero-order valence-electron chi connectivity index (χ0n) is 17.6. The molecule has 30 heavy (non-hydrogen) atoms. The Morgan fingerprint density at radius 3 is 2.67 bits per heavy atom. The molecule has 2 aromatic rings. The highest BCUT2D eigenvalue weighted by Gasteiger charge is 2.66. The van der Waals surface area contributed by atoms with Gasteiger partial charge in [0.05, 0.1) is 6.10 Å². The smallest absolute Gasteiger partial charge is 0.262 e. The third-order valence-electron chi connectivity index (χ3n) is 7.44. The lowest BCUT2D eigenvalue weighted by Gasteiger charge is -2.45. The zero-order chi connectivity index (χ0) is 20.9. The lowest BCUT2D eigenvalue weighted by Crippen LogP contribution is -2.52. The minimum absolute atomic E-state index is 0.0282. The average Bonchev–Trinajstić information content (AvgIpc) is 3.20. The van der Waals surface area contributed by atoms with E-state index in [0.717, 1.165) is 48.8 Å². The number of aromatic nitrogens is 1. The van der Waals surface area contributed by atoms with Crippen LogP contribution >= 0.6 is 0 Å². The van der Waals surface area contributed by atoms with Crippen molar-refractivity contribution in [3.63, 3.8) is 0 Å². The maximum Gasteiger partial charge on any atom is 0.262 e. The Morgan fingerprint density at radius 2 is 2.03 bits per heavy atom. The lowest BCUT2D eigenvalue weighted by molar-refractivity contribution is -0.138. The Hall–Kier alpha value is -2.73. The number of carbonyl (C=O) groups excluding carboxylic acids is 1. The van der Waals surface area contributed by atoms with Gasteiger partial charge in [0.25, 0.3) is 5.91 Å². The molecule has 6 nitrogen and oxygen atoms in total. The van der Waals surface area contributed by atoms with E-state index in [-0.39, 0.29) is 17.4 Å². The second-order valence-corrected chi connectivity index (χ2v) is 8.74. The van der Waals surface area contributed by atoms with E-state index in [9.17, 15) is 4.79 Å². The summed E-state index contributed by atoms with van der Waals surface area (Å²) in [5, 5.41) is 0. The molecular weight excluding hydrogens is 376 g/mol. The molecule has 1 saturated carbocycles. The minimum Gasteiger partial charge on any atom is -0.381 e. The SMILES string of the molecule is CCN1C(=O)C2(N=C1N)c1cc(-c3cccnc3)ccc1CC21CCC(OC)CC1. The monoisotopic (exact) mass is 404 g/mol. The van der Waals surface area contributed by atoms with Crippen molar-refractivity contribution in [2.24, 2.45) is 16.1 Å². The van der Waals surface area contributed by atoms with Gasteiger partial charge in [-0.1, -0.05) is 18.2 Å². The van der Waals surface area contributed by atoms with E-state index in [1.54, 1.807) is 18.2 Å². The van der Waals surface area contributed by atoms with Gasteiger partial charge >= 0.3 is 0 Å². The number of carbonyl (C=O) groups is 1. The average molecular weight is 405 g/mol. The van der Waals surface area contributed by atoms with Crippen molar-refractivity contribution < 1.29 is 9.53 Å². The standard InChI is InChI=1S/C24H28N4O2/c1-3-28-21(29)24(27-22(28)25)20-13-16(18-5-4-12-26-15-18)6-7-17(20)14-23(24)10-8-19(30-2)9-11-23/h4-7,12-13,15,19H,3,8-11,14H2,1-2H3,(H2,25,27). The van der Waals surface area contributed by atoms with Crippen LogP contribution in [0.3, 0.4) is 0 Å². The number of aliphatic imine (C=N–C) groups is 1. The van der Waals surface area contributed by atoms with Gasteiger partial charge in [0.1, 0.15) is 0 Å². The molecule has 1 unspecified atom stereocenters.